The van der Waals surface area contributed by atoms with Gasteiger partial charge in [0.25, 0.3) is 0 Å². The molecule has 0 radical (unpaired) electrons. The van der Waals surface area contributed by atoms with E-state index in [0.29, 0.717) is 5.92 Å². The van der Waals surface area contributed by atoms with E-state index in [0.717, 1.165) is 56.0 Å². The number of anilines is 1. The molecule has 4 rings (SSSR count). The van der Waals surface area contributed by atoms with E-state index in [9.17, 15) is 4.79 Å². The Labute approximate surface area is 190 Å². The highest BCUT2D eigenvalue weighted by Crippen LogP contribution is 2.24. The van der Waals surface area contributed by atoms with Gasteiger partial charge in [-0.1, -0.05) is 36.4 Å². The Kier molecular flexibility index (Phi) is 6.40. The molecular weight excluding hydrogens is 400 g/mol. The largest absolute Gasteiger partial charge is 0.444 e. The van der Waals surface area contributed by atoms with Crippen molar-refractivity contribution in [2.24, 2.45) is 5.92 Å². The van der Waals surface area contributed by atoms with Crippen LogP contribution >= 0.6 is 0 Å². The molecule has 6 nitrogen and oxygen atoms in total. The van der Waals surface area contributed by atoms with E-state index in [-0.39, 0.29) is 6.09 Å². The minimum Gasteiger partial charge on any atom is -0.444 e. The molecular formula is C26H34N4O2. The van der Waals surface area contributed by atoms with Gasteiger partial charge >= 0.3 is 6.09 Å². The average molecular weight is 435 g/mol. The molecule has 1 amide bonds. The van der Waals surface area contributed by atoms with E-state index in [1.54, 1.807) is 0 Å². The molecule has 2 aromatic carbocycles. The van der Waals surface area contributed by atoms with Gasteiger partial charge in [-0.15, -0.1) is 0 Å². The monoisotopic (exact) mass is 434 g/mol. The first kappa shape index (κ1) is 22.2. The van der Waals surface area contributed by atoms with Crippen molar-refractivity contribution < 1.29 is 9.53 Å². The van der Waals surface area contributed by atoms with Crippen molar-refractivity contribution in [1.29, 1.82) is 0 Å². The fourth-order valence-corrected chi connectivity index (χ4v) is 4.21. The number of fused-ring (bicyclic) bond motifs is 1. The number of imidazole rings is 1. The Morgan fingerprint density at radius 3 is 2.50 bits per heavy atom. The fraction of sp³-hybridized carbons (Fsp3) is 0.462. The van der Waals surface area contributed by atoms with Crippen molar-refractivity contribution in [3.8, 4) is 0 Å². The van der Waals surface area contributed by atoms with Gasteiger partial charge in [0.1, 0.15) is 5.60 Å². The predicted molar refractivity (Wildman–Crippen MR) is 129 cm³/mol. The Morgan fingerprint density at radius 1 is 1.09 bits per heavy atom. The maximum atomic E-state index is 12.3. The Hall–Kier alpha value is -3.02. The van der Waals surface area contributed by atoms with Crippen molar-refractivity contribution in [3.05, 3.63) is 59.7 Å². The number of hydrogen-bond acceptors (Lipinski definition) is 4. The van der Waals surface area contributed by atoms with Gasteiger partial charge in [-0.2, -0.15) is 0 Å². The van der Waals surface area contributed by atoms with Gasteiger partial charge in [-0.05, 0) is 69.7 Å². The van der Waals surface area contributed by atoms with Gasteiger partial charge in [0.05, 0.1) is 17.6 Å². The summed E-state index contributed by atoms with van der Waals surface area (Å²) in [6, 6.07) is 16.8. The number of amides is 1. The summed E-state index contributed by atoms with van der Waals surface area (Å²) < 4.78 is 7.79. The smallest absolute Gasteiger partial charge is 0.410 e. The summed E-state index contributed by atoms with van der Waals surface area (Å²) in [5.74, 6) is 1.41. The molecule has 0 unspecified atom stereocenters. The number of nitrogens with zero attached hydrogens (tertiary/aromatic N) is 3. The van der Waals surface area contributed by atoms with Gasteiger partial charge in [0.2, 0.25) is 5.95 Å². The van der Waals surface area contributed by atoms with Crippen LogP contribution in [-0.2, 0) is 11.3 Å². The minimum absolute atomic E-state index is 0.205. The van der Waals surface area contributed by atoms with Crippen LogP contribution in [0.5, 0.6) is 0 Å². The maximum Gasteiger partial charge on any atom is 0.410 e. The summed E-state index contributed by atoms with van der Waals surface area (Å²) in [6.45, 7) is 11.0. The molecule has 0 bridgehead atoms. The second kappa shape index (κ2) is 9.23. The van der Waals surface area contributed by atoms with Crippen LogP contribution in [0.2, 0.25) is 0 Å². The van der Waals surface area contributed by atoms with Crippen molar-refractivity contribution in [2.45, 2.75) is 52.7 Å². The lowest BCUT2D eigenvalue weighted by Crippen LogP contribution is -2.42. The molecule has 1 aliphatic heterocycles. The maximum absolute atomic E-state index is 12.3. The molecule has 1 aliphatic rings. The first-order valence-electron chi connectivity index (χ1n) is 11.5. The number of nitrogens with one attached hydrogen (secondary N) is 1. The van der Waals surface area contributed by atoms with Gasteiger partial charge < -0.3 is 19.5 Å². The second-order valence-corrected chi connectivity index (χ2v) is 9.73. The van der Waals surface area contributed by atoms with Crippen LogP contribution in [0.3, 0.4) is 0 Å². The van der Waals surface area contributed by atoms with Gasteiger partial charge in [-0.25, -0.2) is 9.78 Å². The lowest BCUT2D eigenvalue weighted by Gasteiger charge is -2.33. The number of para-hydroxylation sites is 2. The summed E-state index contributed by atoms with van der Waals surface area (Å²) in [4.78, 5) is 19.0. The molecule has 1 saturated heterocycles. The number of ether oxygens (including phenoxy) is 1. The number of carbonyl (C=O) groups is 1. The first-order chi connectivity index (χ1) is 15.3. The van der Waals surface area contributed by atoms with Crippen LogP contribution in [0.1, 0.15) is 44.7 Å². The number of rotatable bonds is 5. The summed E-state index contributed by atoms with van der Waals surface area (Å²) in [5, 5.41) is 3.61. The zero-order valence-electron chi connectivity index (χ0n) is 19.6. The van der Waals surface area contributed by atoms with Crippen LogP contribution in [0.15, 0.2) is 48.5 Å². The van der Waals surface area contributed by atoms with Gasteiger partial charge in [0.15, 0.2) is 0 Å². The predicted octanol–water partition coefficient (Wildman–Crippen LogP) is 5.45. The highest BCUT2D eigenvalue weighted by molar-refractivity contribution is 5.78. The number of likely N-dealkylation sites (tertiary alicyclic amines) is 1. The molecule has 0 saturated carbocycles. The van der Waals surface area contributed by atoms with E-state index in [1.165, 1.54) is 11.1 Å². The number of hydrogen-bond donors (Lipinski definition) is 1. The summed E-state index contributed by atoms with van der Waals surface area (Å²) in [7, 11) is 0. The summed E-state index contributed by atoms with van der Waals surface area (Å²) in [6.07, 6.45) is 1.72. The van der Waals surface area contributed by atoms with Gasteiger partial charge in [-0.3, -0.25) is 0 Å². The van der Waals surface area contributed by atoms with E-state index in [1.807, 2.05) is 31.7 Å². The fourth-order valence-electron chi connectivity index (χ4n) is 4.21. The number of aryl methyl sites for hydroxylation is 1. The van der Waals surface area contributed by atoms with Crippen LogP contribution < -0.4 is 5.32 Å². The number of carbonyl (C=O) groups excluding carboxylic acids is 1. The molecule has 1 N–H and O–H groups in total. The molecule has 0 atom stereocenters. The van der Waals surface area contributed by atoms with Crippen molar-refractivity contribution in [3.63, 3.8) is 0 Å². The molecule has 170 valence electrons. The molecule has 1 aromatic heterocycles. The van der Waals surface area contributed by atoms with E-state index in [4.69, 9.17) is 9.72 Å². The third kappa shape index (κ3) is 5.23. The highest BCUT2D eigenvalue weighted by atomic mass is 16.6. The third-order valence-electron chi connectivity index (χ3n) is 6.06. The Bertz CT molecular complexity index is 1070. The second-order valence-electron chi connectivity index (χ2n) is 9.73. The zero-order chi connectivity index (χ0) is 22.7. The SMILES string of the molecule is Cc1ccccc1Cn1c(NCC2CCN(C(=O)OC(C)(C)C)CC2)nc2ccccc21. The van der Waals surface area contributed by atoms with Crippen LogP contribution in [0.4, 0.5) is 10.7 Å². The molecule has 6 heteroatoms. The molecule has 32 heavy (non-hydrogen) atoms. The quantitative estimate of drug-likeness (QED) is 0.580. The average Bonchev–Trinajstić information content (AvgIpc) is 3.10. The van der Waals surface area contributed by atoms with Crippen molar-refractivity contribution >= 4 is 23.1 Å². The number of aromatic nitrogens is 2. The molecule has 0 aliphatic carbocycles. The molecule has 1 fully saturated rings. The minimum atomic E-state index is -0.453. The van der Waals surface area contributed by atoms with Gasteiger partial charge in [0, 0.05) is 19.6 Å². The van der Waals surface area contributed by atoms with Crippen LogP contribution in [0, 0.1) is 12.8 Å². The van der Waals surface area contributed by atoms with E-state index in [2.05, 4.69) is 59.3 Å². The Morgan fingerprint density at radius 2 is 1.78 bits per heavy atom. The zero-order valence-corrected chi connectivity index (χ0v) is 19.6. The molecule has 3 aromatic rings. The van der Waals surface area contributed by atoms with Crippen molar-refractivity contribution in [1.82, 2.24) is 14.5 Å². The number of benzene rings is 2. The first-order valence-corrected chi connectivity index (χ1v) is 11.5. The lowest BCUT2D eigenvalue weighted by molar-refractivity contribution is 0.0188. The van der Waals surface area contributed by atoms with Crippen molar-refractivity contribution in [2.75, 3.05) is 25.0 Å². The lowest BCUT2D eigenvalue weighted by atomic mass is 9.97. The third-order valence-corrected chi connectivity index (χ3v) is 6.06. The highest BCUT2D eigenvalue weighted by Gasteiger charge is 2.27. The Balaban J connectivity index is 1.42. The summed E-state index contributed by atoms with van der Waals surface area (Å²) >= 11 is 0. The van der Waals surface area contributed by atoms with Crippen LogP contribution in [0.25, 0.3) is 11.0 Å². The molecule has 2 heterocycles. The van der Waals surface area contributed by atoms with E-state index < -0.39 is 5.60 Å². The van der Waals surface area contributed by atoms with Crippen LogP contribution in [-0.4, -0.2) is 45.8 Å². The normalized spacial score (nSPS) is 15.2. The summed E-state index contributed by atoms with van der Waals surface area (Å²) in [5.41, 5.74) is 4.27. The standard InChI is InChI=1S/C26H34N4O2/c1-19-9-5-6-10-21(19)18-30-23-12-8-7-11-22(23)28-24(30)27-17-20-13-15-29(16-14-20)25(31)32-26(2,3)4/h5-12,20H,13-18H2,1-4H3,(H,27,28). The van der Waals surface area contributed by atoms with E-state index >= 15 is 0 Å². The molecule has 0 spiro atoms. The number of piperidine rings is 1. The topological polar surface area (TPSA) is 59.4 Å².